The van der Waals surface area contributed by atoms with Crippen LogP contribution in [0.4, 0.5) is 5.69 Å². The molecule has 2 aliphatic carbocycles. The molecule has 0 saturated heterocycles. The number of hydrogen-bond donors (Lipinski definition) is 3. The number of rotatable bonds is 4. The highest BCUT2D eigenvalue weighted by molar-refractivity contribution is 6.01. The SMILES string of the molecule is O=C(Nc1ccc2c(c1)C=C(C(O)O)C2)C1(c2ccc3c(c2)OCO3)CC1. The first-order valence-electron chi connectivity index (χ1n) is 8.96. The zero-order chi connectivity index (χ0) is 18.6. The number of ether oxygens (including phenoxy) is 2. The third-order valence-corrected chi connectivity index (χ3v) is 5.58. The van der Waals surface area contributed by atoms with Gasteiger partial charge in [0.25, 0.3) is 0 Å². The lowest BCUT2D eigenvalue weighted by molar-refractivity contribution is -0.118. The molecule has 6 heteroatoms. The average molecular weight is 365 g/mol. The van der Waals surface area contributed by atoms with E-state index in [-0.39, 0.29) is 12.7 Å². The molecule has 1 saturated carbocycles. The smallest absolute Gasteiger partial charge is 0.235 e. The molecule has 1 fully saturated rings. The van der Waals surface area contributed by atoms with Crippen LogP contribution in [0.2, 0.25) is 0 Å². The highest BCUT2D eigenvalue weighted by Crippen LogP contribution is 2.51. The van der Waals surface area contributed by atoms with E-state index in [0.29, 0.717) is 29.2 Å². The van der Waals surface area contributed by atoms with Crippen molar-refractivity contribution in [2.45, 2.75) is 31.0 Å². The molecule has 27 heavy (non-hydrogen) atoms. The Labute approximate surface area is 156 Å². The molecular formula is C21H19NO5. The number of benzene rings is 2. The number of amides is 1. The lowest BCUT2D eigenvalue weighted by atomic mass is 9.94. The van der Waals surface area contributed by atoms with Gasteiger partial charge in [0.2, 0.25) is 12.7 Å². The normalized spacial score (nSPS) is 18.3. The van der Waals surface area contributed by atoms with Crippen molar-refractivity contribution in [1.29, 1.82) is 0 Å². The molecule has 1 heterocycles. The molecule has 138 valence electrons. The summed E-state index contributed by atoms with van der Waals surface area (Å²) < 4.78 is 10.8. The Morgan fingerprint density at radius 3 is 2.67 bits per heavy atom. The van der Waals surface area contributed by atoms with E-state index in [1.807, 2.05) is 36.4 Å². The first-order chi connectivity index (χ1) is 13.0. The van der Waals surface area contributed by atoms with E-state index >= 15 is 0 Å². The topological polar surface area (TPSA) is 88.0 Å². The molecule has 1 aliphatic heterocycles. The fraction of sp³-hybridized carbons (Fsp3) is 0.286. The van der Waals surface area contributed by atoms with Crippen LogP contribution in [0.25, 0.3) is 6.08 Å². The van der Waals surface area contributed by atoms with Gasteiger partial charge in [-0.2, -0.15) is 0 Å². The van der Waals surface area contributed by atoms with Gasteiger partial charge in [-0.05, 0) is 65.8 Å². The minimum Gasteiger partial charge on any atom is -0.454 e. The van der Waals surface area contributed by atoms with Crippen LogP contribution in [-0.4, -0.2) is 29.2 Å². The predicted octanol–water partition coefficient (Wildman–Crippen LogP) is 2.34. The van der Waals surface area contributed by atoms with Crippen LogP contribution in [0.15, 0.2) is 42.0 Å². The van der Waals surface area contributed by atoms with Crippen molar-refractivity contribution in [3.8, 4) is 11.5 Å². The highest BCUT2D eigenvalue weighted by atomic mass is 16.7. The molecule has 0 unspecified atom stereocenters. The van der Waals surface area contributed by atoms with Gasteiger partial charge in [-0.3, -0.25) is 4.79 Å². The van der Waals surface area contributed by atoms with E-state index in [1.54, 1.807) is 6.08 Å². The first kappa shape index (κ1) is 16.4. The van der Waals surface area contributed by atoms with Crippen molar-refractivity contribution in [2.75, 3.05) is 12.1 Å². The van der Waals surface area contributed by atoms with E-state index in [9.17, 15) is 15.0 Å². The zero-order valence-corrected chi connectivity index (χ0v) is 14.6. The van der Waals surface area contributed by atoms with Crippen LogP contribution in [0.3, 0.4) is 0 Å². The lowest BCUT2D eigenvalue weighted by Gasteiger charge is -2.17. The average Bonchev–Trinajstić information content (AvgIpc) is 3.14. The second-order valence-corrected chi connectivity index (χ2v) is 7.29. The molecule has 0 radical (unpaired) electrons. The maximum absolute atomic E-state index is 13.0. The number of anilines is 1. The largest absolute Gasteiger partial charge is 0.454 e. The second kappa shape index (κ2) is 5.84. The lowest BCUT2D eigenvalue weighted by Crippen LogP contribution is -2.27. The molecule has 0 bridgehead atoms. The Hall–Kier alpha value is -2.83. The molecule has 2 aromatic carbocycles. The van der Waals surface area contributed by atoms with Crippen LogP contribution in [0, 0.1) is 0 Å². The maximum Gasteiger partial charge on any atom is 0.235 e. The minimum atomic E-state index is -1.45. The van der Waals surface area contributed by atoms with Gasteiger partial charge in [-0.1, -0.05) is 18.2 Å². The van der Waals surface area contributed by atoms with Crippen LogP contribution in [-0.2, 0) is 16.6 Å². The standard InChI is InChI=1S/C21H19NO5/c23-19(24)14-7-12-1-3-16(9-13(12)8-14)22-20(25)21(5-6-21)15-2-4-17-18(10-15)27-11-26-17/h1-4,8-10,19,23-24H,5-7,11H2,(H,22,25). The Balaban J connectivity index is 1.37. The third-order valence-electron chi connectivity index (χ3n) is 5.58. The zero-order valence-electron chi connectivity index (χ0n) is 14.6. The summed E-state index contributed by atoms with van der Waals surface area (Å²) in [5.41, 5.74) is 3.61. The summed E-state index contributed by atoms with van der Waals surface area (Å²) in [6, 6.07) is 11.3. The van der Waals surface area contributed by atoms with Crippen molar-refractivity contribution in [1.82, 2.24) is 0 Å². The number of carbonyl (C=O) groups is 1. The summed E-state index contributed by atoms with van der Waals surface area (Å²) in [7, 11) is 0. The van der Waals surface area contributed by atoms with E-state index in [0.717, 1.165) is 29.5 Å². The summed E-state index contributed by atoms with van der Waals surface area (Å²) in [4.78, 5) is 13.0. The van der Waals surface area contributed by atoms with Crippen molar-refractivity contribution in [3.05, 3.63) is 58.7 Å². The molecule has 6 nitrogen and oxygen atoms in total. The molecule has 3 N–H and O–H groups in total. The van der Waals surface area contributed by atoms with Crippen LogP contribution in [0.1, 0.15) is 29.5 Å². The van der Waals surface area contributed by atoms with Crippen molar-refractivity contribution in [3.63, 3.8) is 0 Å². The molecule has 5 rings (SSSR count). The quantitative estimate of drug-likeness (QED) is 0.724. The fourth-order valence-electron chi connectivity index (χ4n) is 3.82. The van der Waals surface area contributed by atoms with Gasteiger partial charge in [0.15, 0.2) is 17.8 Å². The van der Waals surface area contributed by atoms with Gasteiger partial charge >= 0.3 is 0 Å². The third kappa shape index (κ3) is 2.69. The summed E-state index contributed by atoms with van der Waals surface area (Å²) in [5.74, 6) is 1.36. The Morgan fingerprint density at radius 1 is 1.07 bits per heavy atom. The number of nitrogens with one attached hydrogen (secondary N) is 1. The van der Waals surface area contributed by atoms with Crippen molar-refractivity contribution in [2.24, 2.45) is 0 Å². The molecule has 0 atom stereocenters. The van der Waals surface area contributed by atoms with Crippen molar-refractivity contribution >= 4 is 17.7 Å². The van der Waals surface area contributed by atoms with Crippen LogP contribution in [0.5, 0.6) is 11.5 Å². The highest BCUT2D eigenvalue weighted by Gasteiger charge is 2.51. The Bertz CT molecular complexity index is 975. The van der Waals surface area contributed by atoms with Crippen molar-refractivity contribution < 1.29 is 24.5 Å². The summed E-state index contributed by atoms with van der Waals surface area (Å²) in [6.07, 6.45) is 2.42. The van der Waals surface area contributed by atoms with Gasteiger partial charge in [-0.25, -0.2) is 0 Å². The summed E-state index contributed by atoms with van der Waals surface area (Å²) in [6.45, 7) is 0.213. The van der Waals surface area contributed by atoms with E-state index < -0.39 is 11.7 Å². The number of carbonyl (C=O) groups excluding carboxylic acids is 1. The summed E-state index contributed by atoms with van der Waals surface area (Å²) >= 11 is 0. The first-order valence-corrected chi connectivity index (χ1v) is 8.96. The van der Waals surface area contributed by atoms with Gasteiger partial charge in [-0.15, -0.1) is 0 Å². The van der Waals surface area contributed by atoms with E-state index in [1.165, 1.54) is 0 Å². The second-order valence-electron chi connectivity index (χ2n) is 7.29. The molecule has 0 spiro atoms. The van der Waals surface area contributed by atoms with Gasteiger partial charge in [0.1, 0.15) is 0 Å². The maximum atomic E-state index is 13.0. The molecule has 3 aliphatic rings. The summed E-state index contributed by atoms with van der Waals surface area (Å²) in [5, 5.41) is 21.7. The molecule has 1 amide bonds. The molecule has 2 aromatic rings. The minimum absolute atomic E-state index is 0.0364. The van der Waals surface area contributed by atoms with Crippen LogP contribution < -0.4 is 14.8 Å². The van der Waals surface area contributed by atoms with E-state index in [4.69, 9.17) is 9.47 Å². The fourth-order valence-corrected chi connectivity index (χ4v) is 3.82. The number of aliphatic hydroxyl groups is 2. The number of hydrogen-bond acceptors (Lipinski definition) is 5. The van der Waals surface area contributed by atoms with Gasteiger partial charge in [0.05, 0.1) is 5.41 Å². The van der Waals surface area contributed by atoms with E-state index in [2.05, 4.69) is 5.32 Å². The van der Waals surface area contributed by atoms with Gasteiger partial charge < -0.3 is 25.0 Å². The van der Waals surface area contributed by atoms with Gasteiger partial charge in [0, 0.05) is 5.69 Å². The monoisotopic (exact) mass is 365 g/mol. The number of aliphatic hydroxyl groups excluding tert-OH is 1. The number of fused-ring (bicyclic) bond motifs is 2. The molecular weight excluding hydrogens is 346 g/mol. The Kier molecular flexibility index (Phi) is 3.54. The van der Waals surface area contributed by atoms with Crippen LogP contribution >= 0.6 is 0 Å². The molecule has 0 aromatic heterocycles. The predicted molar refractivity (Wildman–Crippen MR) is 98.5 cm³/mol. The Morgan fingerprint density at radius 2 is 1.89 bits per heavy atom.